The van der Waals surface area contributed by atoms with Crippen LogP contribution in [0.4, 0.5) is 0 Å². The van der Waals surface area contributed by atoms with Crippen LogP contribution in [0.2, 0.25) is 0 Å². The van der Waals surface area contributed by atoms with E-state index < -0.39 is 0 Å². The summed E-state index contributed by atoms with van der Waals surface area (Å²) in [6.07, 6.45) is 10.4. The summed E-state index contributed by atoms with van der Waals surface area (Å²) in [6, 6.07) is 0. The first-order valence-electron chi connectivity index (χ1n) is 6.93. The summed E-state index contributed by atoms with van der Waals surface area (Å²) in [5.74, 6) is 0.868. The van der Waals surface area contributed by atoms with Crippen LogP contribution in [0.15, 0.2) is 0 Å². The van der Waals surface area contributed by atoms with Crippen LogP contribution < -0.4 is 0 Å². The lowest BCUT2D eigenvalue weighted by Gasteiger charge is -2.39. The Kier molecular flexibility index (Phi) is 3.71. The van der Waals surface area contributed by atoms with Crippen molar-refractivity contribution in [3.63, 3.8) is 0 Å². The molecule has 0 unspecified atom stereocenters. The maximum absolute atomic E-state index is 2.70. The number of piperidine rings is 1. The van der Waals surface area contributed by atoms with Gasteiger partial charge in [-0.05, 0) is 63.1 Å². The third-order valence-electron chi connectivity index (χ3n) is 4.60. The van der Waals surface area contributed by atoms with Gasteiger partial charge in [0.15, 0.2) is 0 Å². The summed E-state index contributed by atoms with van der Waals surface area (Å²) in [5.41, 5.74) is 0.800. The van der Waals surface area contributed by atoms with E-state index in [1.807, 2.05) is 0 Å². The zero-order valence-electron chi connectivity index (χ0n) is 10.6. The van der Waals surface area contributed by atoms with Crippen LogP contribution in [0.5, 0.6) is 0 Å². The summed E-state index contributed by atoms with van der Waals surface area (Å²) < 4.78 is 0. The predicted octanol–water partition coefficient (Wildman–Crippen LogP) is 3.69. The molecule has 88 valence electrons. The monoisotopic (exact) mass is 209 g/mol. The molecule has 1 spiro atoms. The second kappa shape index (κ2) is 4.86. The minimum Gasteiger partial charge on any atom is -0.303 e. The number of hydrogen-bond acceptors (Lipinski definition) is 1. The number of hydrogen-bond donors (Lipinski definition) is 0. The molecule has 1 saturated heterocycles. The van der Waals surface area contributed by atoms with Gasteiger partial charge in [0, 0.05) is 0 Å². The molecule has 0 atom stereocenters. The Morgan fingerprint density at radius 2 is 1.60 bits per heavy atom. The van der Waals surface area contributed by atoms with Crippen molar-refractivity contribution < 1.29 is 0 Å². The molecule has 0 aromatic heterocycles. The smallest absolute Gasteiger partial charge is 0.00134 e. The Morgan fingerprint density at radius 3 is 2.13 bits per heavy atom. The zero-order valence-corrected chi connectivity index (χ0v) is 10.6. The second-order valence-corrected chi connectivity index (χ2v) is 6.23. The molecule has 1 nitrogen and oxygen atoms in total. The molecule has 1 aliphatic heterocycles. The SMILES string of the molecule is CC(C)CCN1CCC2(CCCC2)CC1. The van der Waals surface area contributed by atoms with Crippen molar-refractivity contribution in [2.45, 2.75) is 58.8 Å². The topological polar surface area (TPSA) is 3.24 Å². The van der Waals surface area contributed by atoms with Gasteiger partial charge < -0.3 is 4.90 Å². The molecule has 0 bridgehead atoms. The Morgan fingerprint density at radius 1 is 1.00 bits per heavy atom. The highest BCUT2D eigenvalue weighted by molar-refractivity contribution is 4.89. The van der Waals surface area contributed by atoms with Crippen LogP contribution in [-0.4, -0.2) is 24.5 Å². The van der Waals surface area contributed by atoms with Crippen molar-refractivity contribution in [2.24, 2.45) is 11.3 Å². The summed E-state index contributed by atoms with van der Waals surface area (Å²) in [4.78, 5) is 2.70. The third kappa shape index (κ3) is 2.96. The minimum absolute atomic E-state index is 0.800. The first kappa shape index (κ1) is 11.4. The van der Waals surface area contributed by atoms with Crippen molar-refractivity contribution in [3.05, 3.63) is 0 Å². The van der Waals surface area contributed by atoms with E-state index in [4.69, 9.17) is 0 Å². The van der Waals surface area contributed by atoms with E-state index >= 15 is 0 Å². The van der Waals surface area contributed by atoms with E-state index in [-0.39, 0.29) is 0 Å². The van der Waals surface area contributed by atoms with Crippen LogP contribution in [0.1, 0.15) is 58.8 Å². The van der Waals surface area contributed by atoms with Gasteiger partial charge in [-0.1, -0.05) is 26.7 Å². The van der Waals surface area contributed by atoms with Crippen molar-refractivity contribution in [1.29, 1.82) is 0 Å². The average Bonchev–Trinajstić information content (AvgIpc) is 2.66. The van der Waals surface area contributed by atoms with Crippen LogP contribution in [0.25, 0.3) is 0 Å². The highest BCUT2D eigenvalue weighted by atomic mass is 15.1. The van der Waals surface area contributed by atoms with Gasteiger partial charge in [0.05, 0.1) is 0 Å². The van der Waals surface area contributed by atoms with E-state index in [2.05, 4.69) is 18.7 Å². The molecule has 0 N–H and O–H groups in total. The minimum atomic E-state index is 0.800. The Labute approximate surface area is 95.2 Å². The zero-order chi connectivity index (χ0) is 10.7. The maximum Gasteiger partial charge on any atom is -0.00134 e. The number of likely N-dealkylation sites (tertiary alicyclic amines) is 1. The fourth-order valence-corrected chi connectivity index (χ4v) is 3.32. The van der Waals surface area contributed by atoms with Crippen molar-refractivity contribution in [3.8, 4) is 0 Å². The summed E-state index contributed by atoms with van der Waals surface area (Å²) in [7, 11) is 0. The van der Waals surface area contributed by atoms with Crippen LogP contribution >= 0.6 is 0 Å². The first-order chi connectivity index (χ1) is 7.20. The molecule has 1 saturated carbocycles. The van der Waals surface area contributed by atoms with Gasteiger partial charge in [0.1, 0.15) is 0 Å². The fourth-order valence-electron chi connectivity index (χ4n) is 3.32. The Hall–Kier alpha value is -0.0400. The summed E-state index contributed by atoms with van der Waals surface area (Å²) in [6.45, 7) is 8.78. The highest BCUT2D eigenvalue weighted by Crippen LogP contribution is 2.46. The van der Waals surface area contributed by atoms with Gasteiger partial charge in [-0.3, -0.25) is 0 Å². The Balaban J connectivity index is 1.72. The van der Waals surface area contributed by atoms with Crippen molar-refractivity contribution in [2.75, 3.05) is 19.6 Å². The standard InChI is InChI=1S/C14H27N/c1-13(2)5-10-15-11-8-14(9-12-15)6-3-4-7-14/h13H,3-12H2,1-2H3. The fraction of sp³-hybridized carbons (Fsp3) is 1.00. The molecule has 2 rings (SSSR count). The maximum atomic E-state index is 2.70. The van der Waals surface area contributed by atoms with Gasteiger partial charge in [-0.25, -0.2) is 0 Å². The number of rotatable bonds is 3. The van der Waals surface area contributed by atoms with E-state index in [1.165, 1.54) is 64.6 Å². The van der Waals surface area contributed by atoms with E-state index in [9.17, 15) is 0 Å². The Bertz CT molecular complexity index is 182. The molecule has 2 aliphatic rings. The highest BCUT2D eigenvalue weighted by Gasteiger charge is 2.36. The molecule has 0 aromatic rings. The molecule has 1 aliphatic carbocycles. The molecule has 2 fully saturated rings. The van der Waals surface area contributed by atoms with Gasteiger partial charge in [-0.15, -0.1) is 0 Å². The lowest BCUT2D eigenvalue weighted by molar-refractivity contribution is 0.105. The quantitative estimate of drug-likeness (QED) is 0.685. The largest absolute Gasteiger partial charge is 0.303 e. The third-order valence-corrected chi connectivity index (χ3v) is 4.60. The number of nitrogens with zero attached hydrogens (tertiary/aromatic N) is 1. The van der Waals surface area contributed by atoms with Crippen LogP contribution in [0, 0.1) is 11.3 Å². The second-order valence-electron chi connectivity index (χ2n) is 6.23. The molecule has 0 aromatic carbocycles. The molecule has 15 heavy (non-hydrogen) atoms. The van der Waals surface area contributed by atoms with Crippen LogP contribution in [0.3, 0.4) is 0 Å². The molecule has 1 heteroatoms. The lowest BCUT2D eigenvalue weighted by Crippen LogP contribution is -2.39. The summed E-state index contributed by atoms with van der Waals surface area (Å²) >= 11 is 0. The van der Waals surface area contributed by atoms with Crippen LogP contribution in [-0.2, 0) is 0 Å². The molecule has 0 amide bonds. The lowest BCUT2D eigenvalue weighted by atomic mass is 9.77. The van der Waals surface area contributed by atoms with E-state index in [0.29, 0.717) is 0 Å². The van der Waals surface area contributed by atoms with Gasteiger partial charge >= 0.3 is 0 Å². The van der Waals surface area contributed by atoms with Crippen molar-refractivity contribution in [1.82, 2.24) is 4.90 Å². The van der Waals surface area contributed by atoms with Gasteiger partial charge in [0.25, 0.3) is 0 Å². The van der Waals surface area contributed by atoms with Gasteiger partial charge in [-0.2, -0.15) is 0 Å². The van der Waals surface area contributed by atoms with Crippen molar-refractivity contribution >= 4 is 0 Å². The molecule has 0 radical (unpaired) electrons. The molecular weight excluding hydrogens is 182 g/mol. The molecular formula is C14H27N. The van der Waals surface area contributed by atoms with Gasteiger partial charge in [0.2, 0.25) is 0 Å². The molecule has 1 heterocycles. The van der Waals surface area contributed by atoms with E-state index in [0.717, 1.165) is 11.3 Å². The first-order valence-corrected chi connectivity index (χ1v) is 6.93. The average molecular weight is 209 g/mol. The predicted molar refractivity (Wildman–Crippen MR) is 66.0 cm³/mol. The normalized spacial score (nSPS) is 26.6. The summed E-state index contributed by atoms with van der Waals surface area (Å²) in [5, 5.41) is 0. The van der Waals surface area contributed by atoms with E-state index in [1.54, 1.807) is 0 Å².